The summed E-state index contributed by atoms with van der Waals surface area (Å²) in [5, 5.41) is 1.05. The first-order chi connectivity index (χ1) is 8.31. The second kappa shape index (κ2) is 6.81. The zero-order valence-corrected chi connectivity index (χ0v) is 12.7. The number of alkyl halides is 1. The molecule has 0 saturated carbocycles. The normalized spacial score (nSPS) is 23.5. The van der Waals surface area contributed by atoms with Gasteiger partial charge in [0.25, 0.3) is 0 Å². The molecule has 0 N–H and O–H groups in total. The maximum absolute atomic E-state index is 3.67. The van der Waals surface area contributed by atoms with E-state index in [0.29, 0.717) is 5.92 Å². The van der Waals surface area contributed by atoms with Crippen LogP contribution in [0.5, 0.6) is 0 Å². The molecule has 1 aliphatic rings. The SMILES string of the molecule is CC1CSCCN1CC(CBr)c1ccccc1. The van der Waals surface area contributed by atoms with E-state index < -0.39 is 0 Å². The van der Waals surface area contributed by atoms with Gasteiger partial charge >= 0.3 is 0 Å². The first-order valence-corrected chi connectivity index (χ1v) is 8.51. The molecule has 0 bridgehead atoms. The predicted molar refractivity (Wildman–Crippen MR) is 81.3 cm³/mol. The van der Waals surface area contributed by atoms with Crippen LogP contribution in [0.1, 0.15) is 18.4 Å². The number of nitrogens with zero attached hydrogens (tertiary/aromatic N) is 1. The molecule has 94 valence electrons. The highest BCUT2D eigenvalue weighted by Gasteiger charge is 2.22. The molecule has 1 aromatic rings. The van der Waals surface area contributed by atoms with Crippen LogP contribution in [0.2, 0.25) is 0 Å². The molecule has 0 radical (unpaired) electrons. The Labute approximate surface area is 117 Å². The van der Waals surface area contributed by atoms with Gasteiger partial charge in [-0.15, -0.1) is 0 Å². The molecule has 1 fully saturated rings. The van der Waals surface area contributed by atoms with E-state index in [1.54, 1.807) is 0 Å². The molecule has 0 aromatic heterocycles. The van der Waals surface area contributed by atoms with Gasteiger partial charge in [0, 0.05) is 41.9 Å². The van der Waals surface area contributed by atoms with E-state index >= 15 is 0 Å². The molecule has 17 heavy (non-hydrogen) atoms. The zero-order chi connectivity index (χ0) is 12.1. The van der Waals surface area contributed by atoms with Crippen molar-refractivity contribution in [1.82, 2.24) is 4.90 Å². The van der Waals surface area contributed by atoms with Gasteiger partial charge in [0.2, 0.25) is 0 Å². The van der Waals surface area contributed by atoms with Crippen LogP contribution in [0.3, 0.4) is 0 Å². The topological polar surface area (TPSA) is 3.24 Å². The molecule has 1 nitrogen and oxygen atoms in total. The molecule has 3 heteroatoms. The lowest BCUT2D eigenvalue weighted by molar-refractivity contribution is 0.223. The molecule has 1 heterocycles. The van der Waals surface area contributed by atoms with Crippen LogP contribution in [0, 0.1) is 0 Å². The molecular weight excluding hydrogens is 294 g/mol. The Morgan fingerprint density at radius 2 is 2.18 bits per heavy atom. The maximum Gasteiger partial charge on any atom is 0.0158 e. The number of hydrogen-bond acceptors (Lipinski definition) is 2. The molecule has 1 saturated heterocycles. The molecule has 0 amide bonds. The molecule has 2 unspecified atom stereocenters. The van der Waals surface area contributed by atoms with Gasteiger partial charge < -0.3 is 0 Å². The number of benzene rings is 1. The van der Waals surface area contributed by atoms with Gasteiger partial charge in [0.1, 0.15) is 0 Å². The Kier molecular flexibility index (Phi) is 5.39. The van der Waals surface area contributed by atoms with Gasteiger partial charge in [0.05, 0.1) is 0 Å². The monoisotopic (exact) mass is 313 g/mol. The van der Waals surface area contributed by atoms with Crippen molar-refractivity contribution in [3.05, 3.63) is 35.9 Å². The second-order valence-corrected chi connectivity index (χ2v) is 6.48. The van der Waals surface area contributed by atoms with Gasteiger partial charge in [-0.1, -0.05) is 46.3 Å². The maximum atomic E-state index is 3.67. The molecule has 1 aromatic carbocycles. The molecule has 2 atom stereocenters. The van der Waals surface area contributed by atoms with Crippen LogP contribution in [-0.2, 0) is 0 Å². The molecule has 1 aliphatic heterocycles. The summed E-state index contributed by atoms with van der Waals surface area (Å²) in [7, 11) is 0. The molecular formula is C14H20BrNS. The summed E-state index contributed by atoms with van der Waals surface area (Å²) in [6.45, 7) is 4.77. The van der Waals surface area contributed by atoms with Crippen molar-refractivity contribution in [2.45, 2.75) is 18.9 Å². The summed E-state index contributed by atoms with van der Waals surface area (Å²) in [5.74, 6) is 3.18. The quantitative estimate of drug-likeness (QED) is 0.781. The summed E-state index contributed by atoms with van der Waals surface area (Å²) in [6, 6.07) is 11.6. The predicted octanol–water partition coefficient (Wildman–Crippen LogP) is 3.60. The van der Waals surface area contributed by atoms with Crippen molar-refractivity contribution in [3.8, 4) is 0 Å². The molecule has 0 spiro atoms. The van der Waals surface area contributed by atoms with Crippen molar-refractivity contribution in [3.63, 3.8) is 0 Å². The smallest absolute Gasteiger partial charge is 0.0158 e. The molecule has 2 rings (SSSR count). The lowest BCUT2D eigenvalue weighted by Gasteiger charge is -2.35. The fourth-order valence-corrected chi connectivity index (χ4v) is 3.95. The highest BCUT2D eigenvalue weighted by Crippen LogP contribution is 2.23. The summed E-state index contributed by atoms with van der Waals surface area (Å²) in [6.07, 6.45) is 0. The van der Waals surface area contributed by atoms with Crippen LogP contribution in [0.25, 0.3) is 0 Å². The average molecular weight is 314 g/mol. The van der Waals surface area contributed by atoms with Gasteiger partial charge in [-0.05, 0) is 12.5 Å². The van der Waals surface area contributed by atoms with Crippen LogP contribution in [0.15, 0.2) is 30.3 Å². The minimum absolute atomic E-state index is 0.613. The standard InChI is InChI=1S/C14H20BrNS/c1-12-11-17-8-7-16(12)10-14(9-15)13-5-3-2-4-6-13/h2-6,12,14H,7-11H2,1H3. The van der Waals surface area contributed by atoms with E-state index in [0.717, 1.165) is 11.4 Å². The second-order valence-electron chi connectivity index (χ2n) is 4.68. The van der Waals surface area contributed by atoms with Crippen molar-refractivity contribution in [1.29, 1.82) is 0 Å². The number of thioether (sulfide) groups is 1. The fourth-order valence-electron chi connectivity index (χ4n) is 2.28. The summed E-state index contributed by atoms with van der Waals surface area (Å²) in [5.41, 5.74) is 1.45. The first-order valence-electron chi connectivity index (χ1n) is 6.24. The van der Waals surface area contributed by atoms with E-state index in [4.69, 9.17) is 0 Å². The summed E-state index contributed by atoms with van der Waals surface area (Å²) in [4.78, 5) is 2.63. The van der Waals surface area contributed by atoms with E-state index in [1.807, 2.05) is 0 Å². The minimum atomic E-state index is 0.613. The van der Waals surface area contributed by atoms with Crippen molar-refractivity contribution >= 4 is 27.7 Å². The Hall–Kier alpha value is 0.0100. The third kappa shape index (κ3) is 3.73. The highest BCUT2D eigenvalue weighted by atomic mass is 79.9. The number of rotatable bonds is 4. The van der Waals surface area contributed by atoms with E-state index in [2.05, 4.69) is 69.8 Å². The average Bonchev–Trinajstić information content (AvgIpc) is 2.39. The van der Waals surface area contributed by atoms with Crippen LogP contribution in [0.4, 0.5) is 0 Å². The largest absolute Gasteiger partial charge is 0.298 e. The Morgan fingerprint density at radius 1 is 1.41 bits per heavy atom. The van der Waals surface area contributed by atoms with Gasteiger partial charge in [0.15, 0.2) is 0 Å². The van der Waals surface area contributed by atoms with Crippen LogP contribution in [-0.4, -0.2) is 40.9 Å². The third-order valence-electron chi connectivity index (χ3n) is 3.42. The lowest BCUT2D eigenvalue weighted by Crippen LogP contribution is -2.42. The fraction of sp³-hybridized carbons (Fsp3) is 0.571. The van der Waals surface area contributed by atoms with Crippen LogP contribution < -0.4 is 0 Å². The van der Waals surface area contributed by atoms with Gasteiger partial charge in [-0.3, -0.25) is 4.90 Å². The van der Waals surface area contributed by atoms with Gasteiger partial charge in [-0.25, -0.2) is 0 Å². The van der Waals surface area contributed by atoms with E-state index in [9.17, 15) is 0 Å². The van der Waals surface area contributed by atoms with Crippen molar-refractivity contribution < 1.29 is 0 Å². The van der Waals surface area contributed by atoms with Crippen LogP contribution >= 0.6 is 27.7 Å². The van der Waals surface area contributed by atoms with Gasteiger partial charge in [-0.2, -0.15) is 11.8 Å². The molecule has 0 aliphatic carbocycles. The van der Waals surface area contributed by atoms with Crippen molar-refractivity contribution in [2.75, 3.05) is 29.9 Å². The summed E-state index contributed by atoms with van der Waals surface area (Å²) < 4.78 is 0. The highest BCUT2D eigenvalue weighted by molar-refractivity contribution is 9.09. The van der Waals surface area contributed by atoms with E-state index in [-0.39, 0.29) is 0 Å². The lowest BCUT2D eigenvalue weighted by atomic mass is 10.00. The number of hydrogen-bond donors (Lipinski definition) is 0. The Bertz CT molecular complexity index is 330. The Morgan fingerprint density at radius 3 is 2.82 bits per heavy atom. The Balaban J connectivity index is 1.99. The zero-order valence-electron chi connectivity index (χ0n) is 10.3. The summed E-state index contributed by atoms with van der Waals surface area (Å²) >= 11 is 5.75. The minimum Gasteiger partial charge on any atom is -0.298 e. The first kappa shape index (κ1) is 13.4. The number of halogens is 1. The third-order valence-corrected chi connectivity index (χ3v) is 5.39. The van der Waals surface area contributed by atoms with E-state index in [1.165, 1.54) is 30.2 Å². The van der Waals surface area contributed by atoms with Crippen molar-refractivity contribution in [2.24, 2.45) is 0 Å².